The Labute approximate surface area is 312 Å². The number of fused-ring (bicyclic) bond motifs is 15. The molecule has 0 saturated carbocycles. The second kappa shape index (κ2) is 10.2. The maximum atomic E-state index is 8.44. The van der Waals surface area contributed by atoms with Gasteiger partial charge in [0.15, 0.2) is 0 Å². The predicted molar refractivity (Wildman–Crippen MR) is 219 cm³/mol. The van der Waals surface area contributed by atoms with E-state index in [0.29, 0.717) is 5.56 Å². The van der Waals surface area contributed by atoms with E-state index in [4.69, 9.17) is 4.11 Å². The third-order valence-electron chi connectivity index (χ3n) is 11.7. The second-order valence-corrected chi connectivity index (χ2v) is 15.2. The summed E-state index contributed by atoms with van der Waals surface area (Å²) in [6.45, 7) is -2.36. The van der Waals surface area contributed by atoms with Gasteiger partial charge in [-0.1, -0.05) is 127 Å². The smallest absolute Gasteiger partial charge is 0.264 e. The lowest BCUT2D eigenvalue weighted by molar-refractivity contribution is 0.811. The molecule has 0 radical (unpaired) electrons. The Morgan fingerprint density at radius 2 is 1.10 bits per heavy atom. The van der Waals surface area contributed by atoms with Gasteiger partial charge in [0.25, 0.3) is 6.71 Å². The van der Waals surface area contributed by atoms with E-state index in [2.05, 4.69) is 161 Å². The molecule has 1 aromatic heterocycles. The lowest BCUT2D eigenvalue weighted by Gasteiger charge is -2.43. The Morgan fingerprint density at radius 1 is 0.538 bits per heavy atom. The number of rotatable bonds is 2. The van der Waals surface area contributed by atoms with Crippen molar-refractivity contribution < 1.29 is 4.11 Å². The number of thiophene rings is 1. The van der Waals surface area contributed by atoms with E-state index < -0.39 is 12.3 Å². The fourth-order valence-corrected chi connectivity index (χ4v) is 11.5. The van der Waals surface area contributed by atoms with Crippen molar-refractivity contribution in [2.24, 2.45) is 0 Å². The summed E-state index contributed by atoms with van der Waals surface area (Å²) in [5, 5.41) is 0. The lowest BCUT2D eigenvalue weighted by Crippen LogP contribution is -2.60. The number of para-hydroxylation sites is 2. The molecule has 52 heavy (non-hydrogen) atoms. The topological polar surface area (TPSA) is 6.48 Å². The standard InChI is InChI=1S/C48H31BN2S/c1-30-27-28-39-42(29-30)50(31-15-4-2-5-16-31)40-25-14-26-41-44(40)49(39)47-45(51(41)32-17-6-3-7-18-32)43-35-21-10-13-24-38(35)48(46(43)52-47)36-22-11-8-19-33(36)34-20-9-12-23-37(34)48/h2-29H,1H3/i1D3. The van der Waals surface area contributed by atoms with Crippen LogP contribution in [0.2, 0.25) is 0 Å². The molecule has 2 aliphatic carbocycles. The van der Waals surface area contributed by atoms with Gasteiger partial charge in [0.2, 0.25) is 0 Å². The van der Waals surface area contributed by atoms with Crippen LogP contribution in [0.3, 0.4) is 0 Å². The Balaban J connectivity index is 1.23. The molecule has 3 heterocycles. The van der Waals surface area contributed by atoms with Gasteiger partial charge in [-0.25, -0.2) is 0 Å². The van der Waals surface area contributed by atoms with Crippen LogP contribution in [0.4, 0.5) is 34.1 Å². The van der Waals surface area contributed by atoms with Crippen LogP contribution < -0.4 is 25.5 Å². The minimum absolute atomic E-state index is 0.117. The van der Waals surface area contributed by atoms with Gasteiger partial charge in [-0.2, -0.15) is 0 Å². The van der Waals surface area contributed by atoms with E-state index in [-0.39, 0.29) is 6.71 Å². The average molecular weight is 682 g/mol. The van der Waals surface area contributed by atoms with Crippen LogP contribution in [0, 0.1) is 6.85 Å². The Hall–Kier alpha value is -6.10. The zero-order valence-corrected chi connectivity index (χ0v) is 28.9. The van der Waals surface area contributed by atoms with Crippen LogP contribution in [-0.2, 0) is 5.41 Å². The van der Waals surface area contributed by atoms with Gasteiger partial charge in [0, 0.05) is 47.8 Å². The van der Waals surface area contributed by atoms with Crippen molar-refractivity contribution in [2.75, 3.05) is 9.80 Å². The molecule has 1 spiro atoms. The molecule has 0 saturated heterocycles. The van der Waals surface area contributed by atoms with E-state index in [1.54, 1.807) is 0 Å². The summed E-state index contributed by atoms with van der Waals surface area (Å²) in [5.41, 5.74) is 17.7. The number of anilines is 6. The highest BCUT2D eigenvalue weighted by molar-refractivity contribution is 7.30. The first-order valence-electron chi connectivity index (χ1n) is 19.4. The number of hydrogen-bond donors (Lipinski definition) is 0. The minimum atomic E-state index is -2.25. The van der Waals surface area contributed by atoms with Crippen LogP contribution in [0.5, 0.6) is 0 Å². The molecular weight excluding hydrogens is 647 g/mol. The predicted octanol–water partition coefficient (Wildman–Crippen LogP) is 10.5. The van der Waals surface area contributed by atoms with E-state index >= 15 is 0 Å². The summed E-state index contributed by atoms with van der Waals surface area (Å²) >= 11 is 1.94. The Morgan fingerprint density at radius 3 is 1.75 bits per heavy atom. The molecule has 0 amide bonds. The summed E-state index contributed by atoms with van der Waals surface area (Å²) in [4.78, 5) is 6.13. The fraction of sp³-hybridized carbons (Fsp3) is 0.0417. The number of nitrogens with zero attached hydrogens (tertiary/aromatic N) is 2. The molecule has 0 N–H and O–H groups in total. The molecule has 242 valence electrons. The molecule has 4 aliphatic rings. The van der Waals surface area contributed by atoms with Crippen molar-refractivity contribution in [3.8, 4) is 22.3 Å². The summed E-state index contributed by atoms with van der Waals surface area (Å²) in [7, 11) is 0. The first-order valence-corrected chi connectivity index (χ1v) is 18.7. The molecule has 12 rings (SSSR count). The molecule has 7 aromatic carbocycles. The van der Waals surface area contributed by atoms with Gasteiger partial charge in [0.05, 0.1) is 11.1 Å². The molecule has 0 atom stereocenters. The molecule has 2 nitrogen and oxygen atoms in total. The summed E-state index contributed by atoms with van der Waals surface area (Å²) in [5.74, 6) is 0. The van der Waals surface area contributed by atoms with Crippen molar-refractivity contribution in [3.05, 3.63) is 197 Å². The van der Waals surface area contributed by atoms with Crippen molar-refractivity contribution >= 4 is 67.9 Å². The van der Waals surface area contributed by atoms with Crippen LogP contribution in [0.25, 0.3) is 22.3 Å². The van der Waals surface area contributed by atoms with Gasteiger partial charge in [0.1, 0.15) is 0 Å². The Kier molecular flexibility index (Phi) is 5.08. The molecule has 4 heteroatoms. The molecular formula is C48H31BN2S. The van der Waals surface area contributed by atoms with E-state index in [0.717, 1.165) is 33.9 Å². The third-order valence-corrected chi connectivity index (χ3v) is 13.1. The average Bonchev–Trinajstić information content (AvgIpc) is 3.85. The first kappa shape index (κ1) is 25.8. The molecule has 0 fully saturated rings. The van der Waals surface area contributed by atoms with E-state index in [1.807, 2.05) is 29.5 Å². The number of benzene rings is 7. The zero-order chi connectivity index (χ0) is 36.6. The number of aryl methyl sites for hydroxylation is 1. The van der Waals surface area contributed by atoms with E-state index in [1.165, 1.54) is 59.7 Å². The van der Waals surface area contributed by atoms with Crippen molar-refractivity contribution in [2.45, 2.75) is 12.3 Å². The van der Waals surface area contributed by atoms with Gasteiger partial charge < -0.3 is 9.80 Å². The third kappa shape index (κ3) is 3.41. The zero-order valence-electron chi connectivity index (χ0n) is 31.0. The van der Waals surface area contributed by atoms with Crippen LogP contribution in [0.15, 0.2) is 170 Å². The molecule has 2 aliphatic heterocycles. The van der Waals surface area contributed by atoms with Gasteiger partial charge in [-0.15, -0.1) is 11.3 Å². The van der Waals surface area contributed by atoms with Crippen molar-refractivity contribution in [1.82, 2.24) is 0 Å². The van der Waals surface area contributed by atoms with Crippen LogP contribution in [-0.4, -0.2) is 6.71 Å². The summed E-state index contributed by atoms with van der Waals surface area (Å²) in [6, 6.07) is 60.6. The monoisotopic (exact) mass is 681 g/mol. The normalized spacial score (nSPS) is 15.8. The van der Waals surface area contributed by atoms with Gasteiger partial charge in [-0.05, 0) is 99.2 Å². The quantitative estimate of drug-likeness (QED) is 0.168. The lowest BCUT2D eigenvalue weighted by atomic mass is 9.36. The fourth-order valence-electron chi connectivity index (χ4n) is 9.88. The van der Waals surface area contributed by atoms with Gasteiger partial charge in [-0.3, -0.25) is 0 Å². The largest absolute Gasteiger partial charge is 0.311 e. The maximum Gasteiger partial charge on any atom is 0.264 e. The highest BCUT2D eigenvalue weighted by Gasteiger charge is 2.56. The number of hydrogen-bond acceptors (Lipinski definition) is 3. The van der Waals surface area contributed by atoms with Crippen LogP contribution in [0.1, 0.15) is 31.2 Å². The molecule has 8 aromatic rings. The minimum Gasteiger partial charge on any atom is -0.311 e. The second-order valence-electron chi connectivity index (χ2n) is 14.2. The van der Waals surface area contributed by atoms with Crippen molar-refractivity contribution in [1.29, 1.82) is 0 Å². The highest BCUT2D eigenvalue weighted by Crippen LogP contribution is 2.66. The maximum absolute atomic E-state index is 8.44. The molecule has 0 bridgehead atoms. The van der Waals surface area contributed by atoms with Gasteiger partial charge >= 0.3 is 0 Å². The van der Waals surface area contributed by atoms with E-state index in [9.17, 15) is 0 Å². The van der Waals surface area contributed by atoms with Crippen molar-refractivity contribution in [3.63, 3.8) is 0 Å². The summed E-state index contributed by atoms with van der Waals surface area (Å²) < 4.78 is 26.6. The Bertz CT molecular complexity index is 2860. The summed E-state index contributed by atoms with van der Waals surface area (Å²) in [6.07, 6.45) is 0. The van der Waals surface area contributed by atoms with Crippen LogP contribution >= 0.6 is 11.3 Å². The first-order chi connectivity index (χ1) is 27.0. The highest BCUT2D eigenvalue weighted by atomic mass is 32.1. The SMILES string of the molecule is [2H]C([2H])([2H])c1ccc2c(c1)N(c1ccccc1)c1cccc3c1B2c1sc2c(c1N3c1ccccc1)-c1ccccc1C21c2ccccc2-c2ccccc21. The molecule has 0 unspecified atom stereocenters.